The smallest absolute Gasteiger partial charge is 0.225 e. The summed E-state index contributed by atoms with van der Waals surface area (Å²) in [5.41, 5.74) is 1.10. The lowest BCUT2D eigenvalue weighted by Crippen LogP contribution is -2.25. The van der Waals surface area contributed by atoms with E-state index in [1.165, 1.54) is 5.57 Å². The molecule has 1 aliphatic rings. The Labute approximate surface area is 139 Å². The Morgan fingerprint density at radius 2 is 2.32 bits per heavy atom. The van der Waals surface area contributed by atoms with Crippen LogP contribution in [0.4, 0.5) is 0 Å². The topological polar surface area (TPSA) is 38.7 Å². The second-order valence-electron chi connectivity index (χ2n) is 5.74. The van der Waals surface area contributed by atoms with E-state index in [4.69, 9.17) is 13.5 Å². The summed E-state index contributed by atoms with van der Waals surface area (Å²) in [6.45, 7) is 6.39. The van der Waals surface area contributed by atoms with E-state index >= 15 is 0 Å². The molecule has 0 amide bonds. The number of aliphatic hydroxyl groups excluding tert-OH is 1. The van der Waals surface area contributed by atoms with E-state index < -0.39 is 0 Å². The lowest BCUT2D eigenvalue weighted by Gasteiger charge is -2.27. The first kappa shape index (κ1) is 19.1. The first-order chi connectivity index (χ1) is 10.6. The average Bonchev–Trinajstić information content (AvgIpc) is 2.48. The molecule has 0 unspecified atom stereocenters. The van der Waals surface area contributed by atoms with Crippen molar-refractivity contribution < 1.29 is 13.5 Å². The molecule has 22 heavy (non-hydrogen) atoms. The van der Waals surface area contributed by atoms with Gasteiger partial charge in [0.05, 0.1) is 5.60 Å². The van der Waals surface area contributed by atoms with Crippen molar-refractivity contribution in [2.45, 2.75) is 58.5 Å². The summed E-state index contributed by atoms with van der Waals surface area (Å²) in [5.74, 6) is 0.767. The highest BCUT2D eigenvalue weighted by molar-refractivity contribution is 7.90. The Bertz CT molecular complexity index is 438. The Balaban J connectivity index is 2.38. The number of hydrogen-bond donors (Lipinski definition) is 1. The lowest BCUT2D eigenvalue weighted by molar-refractivity contribution is 0.0992. The average molecular weight is 324 g/mol. The molecular weight excluding hydrogens is 296 g/mol. The van der Waals surface area contributed by atoms with E-state index in [1.807, 2.05) is 25.2 Å². The molecule has 1 rings (SSSR count). The fourth-order valence-electron chi connectivity index (χ4n) is 2.06. The molecule has 0 aromatic heterocycles. The van der Waals surface area contributed by atoms with Crippen LogP contribution in [0.1, 0.15) is 52.9 Å². The molecule has 0 bridgehead atoms. The number of rotatable bonds is 8. The summed E-state index contributed by atoms with van der Waals surface area (Å²) in [6.07, 6.45) is 16.9. The molecule has 0 aromatic carbocycles. The van der Waals surface area contributed by atoms with E-state index in [1.54, 1.807) is 0 Å². The van der Waals surface area contributed by atoms with Crippen molar-refractivity contribution in [1.82, 2.24) is 0 Å². The van der Waals surface area contributed by atoms with Gasteiger partial charge in [0, 0.05) is 6.61 Å². The van der Waals surface area contributed by atoms with Crippen molar-refractivity contribution >= 4 is 12.3 Å². The minimum atomic E-state index is -0.210. The molecule has 3 nitrogen and oxygen atoms in total. The highest BCUT2D eigenvalue weighted by atomic mass is 32.2. The summed E-state index contributed by atoms with van der Waals surface area (Å²) >= 11 is 1.05. The first-order valence-electron chi connectivity index (χ1n) is 7.89. The van der Waals surface area contributed by atoms with E-state index in [0.29, 0.717) is 0 Å². The van der Waals surface area contributed by atoms with E-state index in [2.05, 4.69) is 32.1 Å². The summed E-state index contributed by atoms with van der Waals surface area (Å²) < 4.78 is 11.5. The van der Waals surface area contributed by atoms with Gasteiger partial charge >= 0.3 is 0 Å². The standard InChI is InChI=1S/C18H28O3S/c1-4-17(12-6-5-7-15-19)20-22-21-18(3)13-8-10-16(2)11-9-14-18/h4,6,8,10-12,19H,5,7,9,13-15H2,1-3H3/b10-8-,12-6-,16-11-,17-4+/t18-/m0/s1. The van der Waals surface area contributed by atoms with Gasteiger partial charge < -0.3 is 9.29 Å². The highest BCUT2D eigenvalue weighted by Gasteiger charge is 2.25. The second kappa shape index (κ2) is 10.7. The van der Waals surface area contributed by atoms with Crippen molar-refractivity contribution in [1.29, 1.82) is 0 Å². The fourth-order valence-corrected chi connectivity index (χ4v) is 2.64. The van der Waals surface area contributed by atoms with Gasteiger partial charge in [0.2, 0.25) is 12.3 Å². The molecule has 1 N–H and O–H groups in total. The molecule has 0 saturated carbocycles. The van der Waals surface area contributed by atoms with Crippen molar-refractivity contribution in [2.75, 3.05) is 6.61 Å². The van der Waals surface area contributed by atoms with E-state index in [-0.39, 0.29) is 12.2 Å². The van der Waals surface area contributed by atoms with Gasteiger partial charge in [0.1, 0.15) is 5.76 Å². The number of aliphatic hydroxyl groups is 1. The molecule has 0 radical (unpaired) electrons. The molecule has 124 valence electrons. The van der Waals surface area contributed by atoms with E-state index in [0.717, 1.165) is 50.2 Å². The van der Waals surface area contributed by atoms with Gasteiger partial charge in [-0.25, -0.2) is 0 Å². The predicted octanol–water partition coefficient (Wildman–Crippen LogP) is 5.26. The van der Waals surface area contributed by atoms with Crippen molar-refractivity contribution in [3.63, 3.8) is 0 Å². The summed E-state index contributed by atoms with van der Waals surface area (Å²) in [6, 6.07) is 0. The number of allylic oxidation sites excluding steroid dienone is 6. The summed E-state index contributed by atoms with van der Waals surface area (Å²) in [5, 5.41) is 8.75. The van der Waals surface area contributed by atoms with Gasteiger partial charge in [0.15, 0.2) is 0 Å². The van der Waals surface area contributed by atoms with Crippen LogP contribution in [0.3, 0.4) is 0 Å². The Morgan fingerprint density at radius 1 is 1.50 bits per heavy atom. The third kappa shape index (κ3) is 7.87. The van der Waals surface area contributed by atoms with Gasteiger partial charge in [0.25, 0.3) is 0 Å². The first-order valence-corrected chi connectivity index (χ1v) is 8.56. The van der Waals surface area contributed by atoms with Crippen LogP contribution >= 0.6 is 12.3 Å². The highest BCUT2D eigenvalue weighted by Crippen LogP contribution is 2.31. The van der Waals surface area contributed by atoms with Gasteiger partial charge in [-0.1, -0.05) is 29.9 Å². The minimum absolute atomic E-state index is 0.210. The number of hydrogen-bond acceptors (Lipinski definition) is 4. The van der Waals surface area contributed by atoms with Crippen LogP contribution in [0.5, 0.6) is 0 Å². The van der Waals surface area contributed by atoms with Crippen molar-refractivity contribution in [3.8, 4) is 0 Å². The largest absolute Gasteiger partial charge is 0.401 e. The molecule has 0 spiro atoms. The molecule has 0 aromatic rings. The summed E-state index contributed by atoms with van der Waals surface area (Å²) in [4.78, 5) is 0. The van der Waals surface area contributed by atoms with Gasteiger partial charge in [-0.3, -0.25) is 4.18 Å². The molecule has 1 aliphatic carbocycles. The molecule has 1 atom stereocenters. The monoisotopic (exact) mass is 324 g/mol. The van der Waals surface area contributed by atoms with Crippen LogP contribution < -0.4 is 0 Å². The molecule has 0 aliphatic heterocycles. The van der Waals surface area contributed by atoms with Gasteiger partial charge in [-0.2, -0.15) is 0 Å². The minimum Gasteiger partial charge on any atom is -0.401 e. The van der Waals surface area contributed by atoms with Crippen molar-refractivity contribution in [2.24, 2.45) is 0 Å². The molecule has 4 heteroatoms. The number of unbranched alkanes of at least 4 members (excludes halogenated alkanes) is 1. The SMILES string of the molecule is C/C=C(\C=C/CCCO)OSO[C@@]1(C)C/C=C\C(C)=C/CC1. The van der Waals surface area contributed by atoms with Gasteiger partial charge in [-0.05, 0) is 65.0 Å². The van der Waals surface area contributed by atoms with E-state index in [9.17, 15) is 0 Å². The zero-order chi connectivity index (χ0) is 16.3. The van der Waals surface area contributed by atoms with Crippen LogP contribution in [-0.4, -0.2) is 17.3 Å². The molecule has 0 saturated heterocycles. The Hall–Kier alpha value is -0.970. The fraction of sp³-hybridized carbons (Fsp3) is 0.556. The van der Waals surface area contributed by atoms with Crippen molar-refractivity contribution in [3.05, 3.63) is 47.8 Å². The maximum Gasteiger partial charge on any atom is 0.225 e. The Morgan fingerprint density at radius 3 is 3.05 bits per heavy atom. The Kier molecular flexibility index (Phi) is 9.28. The third-order valence-electron chi connectivity index (χ3n) is 3.53. The zero-order valence-corrected chi connectivity index (χ0v) is 14.7. The van der Waals surface area contributed by atoms with Crippen LogP contribution in [0.15, 0.2) is 47.8 Å². The summed E-state index contributed by atoms with van der Waals surface area (Å²) in [7, 11) is 0. The third-order valence-corrected chi connectivity index (χ3v) is 4.26. The van der Waals surface area contributed by atoms with Crippen LogP contribution in [-0.2, 0) is 8.37 Å². The lowest BCUT2D eigenvalue weighted by atomic mass is 9.93. The molecule has 0 heterocycles. The zero-order valence-electron chi connectivity index (χ0n) is 13.9. The van der Waals surface area contributed by atoms with Crippen LogP contribution in [0.25, 0.3) is 0 Å². The maximum atomic E-state index is 8.75. The second-order valence-corrected chi connectivity index (χ2v) is 6.21. The quantitative estimate of drug-likeness (QED) is 0.286. The normalized spacial score (nSPS) is 27.1. The maximum absolute atomic E-state index is 8.75. The predicted molar refractivity (Wildman–Crippen MR) is 94.1 cm³/mol. The molecular formula is C18H28O3S. The van der Waals surface area contributed by atoms with Crippen LogP contribution in [0, 0.1) is 0 Å². The van der Waals surface area contributed by atoms with Gasteiger partial charge in [-0.15, -0.1) is 0 Å². The van der Waals surface area contributed by atoms with Crippen LogP contribution in [0.2, 0.25) is 0 Å². The molecule has 0 fully saturated rings.